The van der Waals surface area contributed by atoms with Gasteiger partial charge in [0.1, 0.15) is 17.2 Å². The molecule has 0 unspecified atom stereocenters. The molecular weight excluding hydrogens is 478 g/mol. The molecule has 0 aromatic carbocycles. The molecule has 37 heavy (non-hydrogen) atoms. The van der Waals surface area contributed by atoms with Crippen LogP contribution in [0, 0.1) is 35.3 Å². The van der Waals surface area contributed by atoms with E-state index < -0.39 is 23.5 Å². The van der Waals surface area contributed by atoms with Gasteiger partial charge in [0.05, 0.1) is 30.0 Å². The van der Waals surface area contributed by atoms with E-state index in [0.717, 1.165) is 44.7 Å². The highest BCUT2D eigenvalue weighted by atomic mass is 19.1. The molecule has 4 heterocycles. The van der Waals surface area contributed by atoms with E-state index in [1.54, 1.807) is 18.6 Å². The normalized spacial score (nSPS) is 25.1. The first kappa shape index (κ1) is 22.5. The second-order valence-corrected chi connectivity index (χ2v) is 10.8. The van der Waals surface area contributed by atoms with Crippen LogP contribution in [0.2, 0.25) is 0 Å². The molecule has 0 radical (unpaired) electrons. The van der Waals surface area contributed by atoms with Crippen molar-refractivity contribution in [2.24, 2.45) is 23.7 Å². The van der Waals surface area contributed by atoms with Crippen molar-refractivity contribution in [2.45, 2.75) is 51.0 Å². The van der Waals surface area contributed by atoms with Gasteiger partial charge in [-0.25, -0.2) is 23.7 Å². The minimum absolute atomic E-state index is 0.121. The van der Waals surface area contributed by atoms with Crippen LogP contribution in [0.1, 0.15) is 50.3 Å². The first-order chi connectivity index (χ1) is 18.0. The lowest BCUT2D eigenvalue weighted by molar-refractivity contribution is -0.152. The van der Waals surface area contributed by atoms with Crippen LogP contribution < -0.4 is 0 Å². The number of halogens is 2. The van der Waals surface area contributed by atoms with Gasteiger partial charge in [-0.15, -0.1) is 0 Å². The standard InChI is InChI=1S/C27H26F2N6O2/c28-16-7-19-20(11-31-25(19)30-10-16)26-33-21(8-18-13-1-3-14(4-2-13)22(18)27(36)37)23(29)24(34-26)15-9-32-35(12-15)17-5-6-17/h7,9-14,17-18,22H,1-6,8H2,(H,30,31)(H,36,37)/t13?,14?,18-,22-/m0/s1. The van der Waals surface area contributed by atoms with Crippen LogP contribution >= 0.6 is 0 Å². The number of nitrogens with zero attached hydrogens (tertiary/aromatic N) is 5. The monoisotopic (exact) mass is 504 g/mol. The second kappa shape index (κ2) is 8.43. The summed E-state index contributed by atoms with van der Waals surface area (Å²) in [7, 11) is 0. The number of carboxylic acids is 1. The molecular formula is C27H26F2N6O2. The summed E-state index contributed by atoms with van der Waals surface area (Å²) in [6.07, 6.45) is 12.2. The maximum Gasteiger partial charge on any atom is 0.307 e. The van der Waals surface area contributed by atoms with Crippen molar-refractivity contribution >= 4 is 17.0 Å². The van der Waals surface area contributed by atoms with E-state index in [9.17, 15) is 14.3 Å². The lowest BCUT2D eigenvalue weighted by atomic mass is 9.57. The molecule has 2 bridgehead atoms. The number of H-pyrrole nitrogens is 1. The van der Waals surface area contributed by atoms with Crippen LogP contribution in [-0.2, 0) is 11.2 Å². The largest absolute Gasteiger partial charge is 0.481 e. The third-order valence-electron chi connectivity index (χ3n) is 8.56. The average Bonchev–Trinajstić information content (AvgIpc) is 3.48. The van der Waals surface area contributed by atoms with Crippen molar-refractivity contribution in [3.8, 4) is 22.6 Å². The summed E-state index contributed by atoms with van der Waals surface area (Å²) < 4.78 is 32.0. The molecule has 0 amide bonds. The molecule has 8 rings (SSSR count). The topological polar surface area (TPSA) is 110 Å². The van der Waals surface area contributed by atoms with E-state index in [0.29, 0.717) is 28.2 Å². The van der Waals surface area contributed by atoms with Crippen molar-refractivity contribution < 1.29 is 18.7 Å². The Hall–Kier alpha value is -3.69. The lowest BCUT2D eigenvalue weighted by Gasteiger charge is -2.46. The number of aromatic nitrogens is 6. The Morgan fingerprint density at radius 2 is 1.86 bits per heavy atom. The van der Waals surface area contributed by atoms with Gasteiger partial charge in [0.2, 0.25) is 0 Å². The molecule has 4 aromatic heterocycles. The highest BCUT2D eigenvalue weighted by Crippen LogP contribution is 2.50. The van der Waals surface area contributed by atoms with Crippen molar-refractivity contribution in [3.05, 3.63) is 48.2 Å². The first-order valence-electron chi connectivity index (χ1n) is 12.9. The third-order valence-corrected chi connectivity index (χ3v) is 8.56. The molecule has 2 atom stereocenters. The Labute approximate surface area is 211 Å². The van der Waals surface area contributed by atoms with Crippen LogP contribution in [0.4, 0.5) is 8.78 Å². The zero-order chi connectivity index (χ0) is 25.3. The summed E-state index contributed by atoms with van der Waals surface area (Å²) in [6, 6.07) is 1.68. The fraction of sp³-hybridized carbons (Fsp3) is 0.444. The van der Waals surface area contributed by atoms with E-state index in [2.05, 4.69) is 25.0 Å². The highest BCUT2D eigenvalue weighted by Gasteiger charge is 2.47. The van der Waals surface area contributed by atoms with Gasteiger partial charge in [0, 0.05) is 28.9 Å². The van der Waals surface area contributed by atoms with Crippen molar-refractivity contribution in [1.82, 2.24) is 29.7 Å². The van der Waals surface area contributed by atoms with Crippen molar-refractivity contribution in [3.63, 3.8) is 0 Å². The SMILES string of the molecule is O=C(O)[C@H]1C2CCC(CC2)[C@@H]1Cc1nc(-c2c[nH]c3ncc(F)cc23)nc(-c2cnn(C3CC3)c2)c1F. The summed E-state index contributed by atoms with van der Waals surface area (Å²) in [6.45, 7) is 0. The number of aliphatic carboxylic acids is 1. The molecule has 4 saturated carbocycles. The highest BCUT2D eigenvalue weighted by molar-refractivity contribution is 5.91. The van der Waals surface area contributed by atoms with E-state index in [1.807, 2.05) is 4.68 Å². The van der Waals surface area contributed by atoms with Gasteiger partial charge in [0.25, 0.3) is 0 Å². The number of pyridine rings is 1. The molecule has 0 saturated heterocycles. The summed E-state index contributed by atoms with van der Waals surface area (Å²) in [4.78, 5) is 28.6. The van der Waals surface area contributed by atoms with E-state index in [-0.39, 0.29) is 41.4 Å². The minimum atomic E-state index is -0.807. The van der Waals surface area contributed by atoms with E-state index >= 15 is 4.39 Å². The van der Waals surface area contributed by atoms with E-state index in [4.69, 9.17) is 0 Å². The van der Waals surface area contributed by atoms with Crippen LogP contribution in [0.3, 0.4) is 0 Å². The second-order valence-electron chi connectivity index (χ2n) is 10.8. The number of hydrogen-bond donors (Lipinski definition) is 2. The molecule has 4 fully saturated rings. The number of fused-ring (bicyclic) bond motifs is 4. The molecule has 4 aliphatic rings. The number of carbonyl (C=O) groups is 1. The van der Waals surface area contributed by atoms with Crippen LogP contribution in [0.25, 0.3) is 33.7 Å². The fourth-order valence-corrected chi connectivity index (χ4v) is 6.58. The molecule has 190 valence electrons. The molecule has 2 N–H and O–H groups in total. The quantitative estimate of drug-likeness (QED) is 0.375. The predicted octanol–water partition coefficient (Wildman–Crippen LogP) is 5.18. The van der Waals surface area contributed by atoms with Gasteiger partial charge in [0.15, 0.2) is 11.6 Å². The zero-order valence-corrected chi connectivity index (χ0v) is 20.1. The van der Waals surface area contributed by atoms with Crippen LogP contribution in [0.5, 0.6) is 0 Å². The van der Waals surface area contributed by atoms with Gasteiger partial charge in [-0.05, 0) is 68.8 Å². The van der Waals surface area contributed by atoms with Gasteiger partial charge in [-0.2, -0.15) is 5.10 Å². The molecule has 4 aromatic rings. The molecule has 8 nitrogen and oxygen atoms in total. The summed E-state index contributed by atoms with van der Waals surface area (Å²) in [5.74, 6) is -1.94. The maximum absolute atomic E-state index is 16.1. The van der Waals surface area contributed by atoms with Crippen molar-refractivity contribution in [1.29, 1.82) is 0 Å². The number of rotatable bonds is 6. The number of nitrogens with one attached hydrogen (secondary N) is 1. The minimum Gasteiger partial charge on any atom is -0.481 e. The Morgan fingerprint density at radius 1 is 1.08 bits per heavy atom. The summed E-state index contributed by atoms with van der Waals surface area (Å²) >= 11 is 0. The Bertz CT molecular complexity index is 1520. The third kappa shape index (κ3) is 3.81. The first-order valence-corrected chi connectivity index (χ1v) is 12.9. The summed E-state index contributed by atoms with van der Waals surface area (Å²) in [5, 5.41) is 14.9. The molecule has 0 spiro atoms. The van der Waals surface area contributed by atoms with Gasteiger partial charge < -0.3 is 10.1 Å². The molecule has 0 aliphatic heterocycles. The Kier molecular flexibility index (Phi) is 5.12. The number of hydrogen-bond acceptors (Lipinski definition) is 5. The summed E-state index contributed by atoms with van der Waals surface area (Å²) in [5.41, 5.74) is 1.85. The molecule has 10 heteroatoms. The average molecular weight is 505 g/mol. The van der Waals surface area contributed by atoms with Gasteiger partial charge in [-0.1, -0.05) is 0 Å². The van der Waals surface area contributed by atoms with Crippen LogP contribution in [-0.4, -0.2) is 40.8 Å². The Morgan fingerprint density at radius 3 is 2.62 bits per heavy atom. The smallest absolute Gasteiger partial charge is 0.307 e. The fourth-order valence-electron chi connectivity index (χ4n) is 6.58. The Balaban J connectivity index is 1.36. The van der Waals surface area contributed by atoms with Gasteiger partial charge >= 0.3 is 5.97 Å². The predicted molar refractivity (Wildman–Crippen MR) is 130 cm³/mol. The number of aromatic amines is 1. The number of carboxylic acid groups (broad SMARTS) is 1. The lowest BCUT2D eigenvalue weighted by Crippen LogP contribution is -2.45. The maximum atomic E-state index is 16.1. The van der Waals surface area contributed by atoms with Crippen molar-refractivity contribution in [2.75, 3.05) is 0 Å². The van der Waals surface area contributed by atoms with Gasteiger partial charge in [-0.3, -0.25) is 9.48 Å². The van der Waals surface area contributed by atoms with Crippen LogP contribution in [0.15, 0.2) is 30.9 Å². The molecule has 4 aliphatic carbocycles. The zero-order valence-electron chi connectivity index (χ0n) is 20.1. The van der Waals surface area contributed by atoms with E-state index in [1.165, 1.54) is 6.07 Å².